The SMILES string of the molecule is CC1=C(C)c2c(Cc3ccc(Cl)nc3)c(F)cc(C#N)c2C1. The topological polar surface area (TPSA) is 36.7 Å². The van der Waals surface area contributed by atoms with Gasteiger partial charge >= 0.3 is 0 Å². The molecule has 110 valence electrons. The predicted molar refractivity (Wildman–Crippen MR) is 85.1 cm³/mol. The maximum absolute atomic E-state index is 14.5. The van der Waals surface area contributed by atoms with Crippen LogP contribution >= 0.6 is 11.6 Å². The molecule has 1 aromatic carbocycles. The largest absolute Gasteiger partial charge is 0.244 e. The van der Waals surface area contributed by atoms with Crippen molar-refractivity contribution >= 4 is 17.2 Å². The maximum Gasteiger partial charge on any atom is 0.129 e. The van der Waals surface area contributed by atoms with Crippen molar-refractivity contribution in [2.24, 2.45) is 0 Å². The van der Waals surface area contributed by atoms with Crippen LogP contribution in [0.3, 0.4) is 0 Å². The Labute approximate surface area is 133 Å². The van der Waals surface area contributed by atoms with E-state index in [-0.39, 0.29) is 5.82 Å². The fraction of sp³-hybridized carbons (Fsp3) is 0.222. The second-order valence-corrected chi connectivity index (χ2v) is 5.99. The van der Waals surface area contributed by atoms with Gasteiger partial charge in [0.15, 0.2) is 0 Å². The van der Waals surface area contributed by atoms with Crippen molar-refractivity contribution in [3.63, 3.8) is 0 Å². The standard InChI is InChI=1S/C18H14ClFN2/c1-10-5-14-13(8-21)7-16(20)15(18(14)11(10)2)6-12-3-4-17(19)22-9-12/h3-4,7,9H,5-6H2,1-2H3. The summed E-state index contributed by atoms with van der Waals surface area (Å²) in [7, 11) is 0. The molecule has 0 aliphatic heterocycles. The molecule has 0 fully saturated rings. The number of pyridine rings is 1. The Hall–Kier alpha value is -2.18. The molecule has 0 saturated heterocycles. The highest BCUT2D eigenvalue weighted by Gasteiger charge is 2.25. The fourth-order valence-electron chi connectivity index (χ4n) is 2.97. The molecule has 22 heavy (non-hydrogen) atoms. The molecule has 0 bridgehead atoms. The van der Waals surface area contributed by atoms with Crippen LogP contribution in [0.1, 0.15) is 41.7 Å². The van der Waals surface area contributed by atoms with Gasteiger partial charge in [-0.05, 0) is 54.7 Å². The number of aromatic nitrogens is 1. The van der Waals surface area contributed by atoms with Crippen LogP contribution in [0, 0.1) is 17.1 Å². The normalized spacial score (nSPS) is 13.2. The van der Waals surface area contributed by atoms with E-state index in [2.05, 4.69) is 11.1 Å². The number of benzene rings is 1. The molecule has 1 aliphatic rings. The van der Waals surface area contributed by atoms with E-state index in [9.17, 15) is 9.65 Å². The molecule has 0 amide bonds. The Morgan fingerprint density at radius 2 is 2.14 bits per heavy atom. The highest BCUT2D eigenvalue weighted by molar-refractivity contribution is 6.29. The first-order valence-electron chi connectivity index (χ1n) is 7.02. The van der Waals surface area contributed by atoms with Gasteiger partial charge in [-0.2, -0.15) is 5.26 Å². The second kappa shape index (κ2) is 5.55. The third kappa shape index (κ3) is 2.40. The summed E-state index contributed by atoms with van der Waals surface area (Å²) < 4.78 is 14.5. The summed E-state index contributed by atoms with van der Waals surface area (Å²) >= 11 is 5.79. The van der Waals surface area contributed by atoms with Gasteiger partial charge in [-0.25, -0.2) is 9.37 Å². The van der Waals surface area contributed by atoms with Crippen molar-refractivity contribution in [2.45, 2.75) is 26.7 Å². The highest BCUT2D eigenvalue weighted by atomic mass is 35.5. The fourth-order valence-corrected chi connectivity index (χ4v) is 3.08. The molecule has 3 rings (SSSR count). The van der Waals surface area contributed by atoms with Gasteiger partial charge in [0.05, 0.1) is 11.6 Å². The van der Waals surface area contributed by atoms with Gasteiger partial charge in [-0.3, -0.25) is 0 Å². The molecule has 2 nitrogen and oxygen atoms in total. The lowest BCUT2D eigenvalue weighted by Crippen LogP contribution is -2.03. The Balaban J connectivity index is 2.14. The Morgan fingerprint density at radius 3 is 2.77 bits per heavy atom. The second-order valence-electron chi connectivity index (χ2n) is 5.60. The quantitative estimate of drug-likeness (QED) is 0.754. The first kappa shape index (κ1) is 14.7. The molecule has 0 spiro atoms. The number of hydrogen-bond donors (Lipinski definition) is 0. The third-order valence-electron chi connectivity index (χ3n) is 4.24. The number of fused-ring (bicyclic) bond motifs is 1. The van der Waals surface area contributed by atoms with E-state index in [1.54, 1.807) is 12.3 Å². The minimum Gasteiger partial charge on any atom is -0.244 e. The Bertz CT molecular complexity index is 830. The predicted octanol–water partition coefficient (Wildman–Crippen LogP) is 4.69. The number of halogens is 2. The van der Waals surface area contributed by atoms with Crippen molar-refractivity contribution in [1.82, 2.24) is 4.98 Å². The van der Waals surface area contributed by atoms with Gasteiger partial charge in [-0.1, -0.05) is 23.2 Å². The third-order valence-corrected chi connectivity index (χ3v) is 4.46. The molecular formula is C18H14ClFN2. The molecule has 1 heterocycles. The summed E-state index contributed by atoms with van der Waals surface area (Å²) in [5.41, 5.74) is 6.05. The Kier molecular flexibility index (Phi) is 3.72. The van der Waals surface area contributed by atoms with Crippen LogP contribution in [0.4, 0.5) is 4.39 Å². The summed E-state index contributed by atoms with van der Waals surface area (Å²) in [6.07, 6.45) is 2.82. The highest BCUT2D eigenvalue weighted by Crippen LogP contribution is 2.38. The van der Waals surface area contributed by atoms with E-state index in [1.807, 2.05) is 19.9 Å². The molecule has 0 radical (unpaired) electrons. The minimum atomic E-state index is -0.334. The molecule has 2 aromatic rings. The van der Waals surface area contributed by atoms with E-state index < -0.39 is 0 Å². The molecule has 1 aliphatic carbocycles. The van der Waals surface area contributed by atoms with Gasteiger partial charge in [0.1, 0.15) is 11.0 Å². The summed E-state index contributed by atoms with van der Waals surface area (Å²) in [5, 5.41) is 9.67. The van der Waals surface area contributed by atoms with Crippen molar-refractivity contribution in [2.75, 3.05) is 0 Å². The first-order valence-corrected chi connectivity index (χ1v) is 7.40. The number of allylic oxidation sites excluding steroid dienone is 2. The lowest BCUT2D eigenvalue weighted by atomic mass is 9.91. The van der Waals surface area contributed by atoms with Gasteiger partial charge in [0.25, 0.3) is 0 Å². The smallest absolute Gasteiger partial charge is 0.129 e. The number of nitrogens with zero attached hydrogens (tertiary/aromatic N) is 2. The first-order chi connectivity index (χ1) is 10.5. The molecule has 0 saturated carbocycles. The lowest BCUT2D eigenvalue weighted by Gasteiger charge is -2.13. The molecule has 0 atom stereocenters. The van der Waals surface area contributed by atoms with Crippen molar-refractivity contribution < 1.29 is 4.39 Å². The summed E-state index contributed by atoms with van der Waals surface area (Å²) in [6.45, 7) is 4.02. The summed E-state index contributed by atoms with van der Waals surface area (Å²) in [4.78, 5) is 4.04. The van der Waals surface area contributed by atoms with E-state index in [0.29, 0.717) is 22.7 Å². The lowest BCUT2D eigenvalue weighted by molar-refractivity contribution is 0.612. The average Bonchev–Trinajstić information content (AvgIpc) is 2.80. The monoisotopic (exact) mass is 312 g/mol. The van der Waals surface area contributed by atoms with Crippen LogP contribution in [0.25, 0.3) is 5.57 Å². The number of rotatable bonds is 2. The van der Waals surface area contributed by atoms with E-state index >= 15 is 0 Å². The molecule has 0 N–H and O–H groups in total. The van der Waals surface area contributed by atoms with Crippen molar-refractivity contribution in [3.8, 4) is 6.07 Å². The summed E-state index contributed by atoms with van der Waals surface area (Å²) in [5.74, 6) is -0.334. The van der Waals surface area contributed by atoms with Crippen LogP contribution in [0.15, 0.2) is 30.0 Å². The van der Waals surface area contributed by atoms with Crippen LogP contribution in [-0.2, 0) is 12.8 Å². The van der Waals surface area contributed by atoms with Crippen LogP contribution < -0.4 is 0 Å². The van der Waals surface area contributed by atoms with E-state index in [1.165, 1.54) is 11.6 Å². The van der Waals surface area contributed by atoms with Crippen molar-refractivity contribution in [3.05, 3.63) is 68.8 Å². The minimum absolute atomic E-state index is 0.334. The number of hydrogen-bond acceptors (Lipinski definition) is 2. The van der Waals surface area contributed by atoms with Gasteiger partial charge in [0, 0.05) is 18.2 Å². The number of nitriles is 1. The Morgan fingerprint density at radius 1 is 1.36 bits per heavy atom. The van der Waals surface area contributed by atoms with Gasteiger partial charge in [0.2, 0.25) is 0 Å². The molecule has 1 aromatic heterocycles. The van der Waals surface area contributed by atoms with Gasteiger partial charge in [-0.15, -0.1) is 0 Å². The molecular weight excluding hydrogens is 299 g/mol. The van der Waals surface area contributed by atoms with E-state index in [4.69, 9.17) is 11.6 Å². The van der Waals surface area contributed by atoms with Crippen LogP contribution in [-0.4, -0.2) is 4.98 Å². The zero-order valence-electron chi connectivity index (χ0n) is 12.4. The van der Waals surface area contributed by atoms with Crippen molar-refractivity contribution in [1.29, 1.82) is 5.26 Å². The van der Waals surface area contributed by atoms with Gasteiger partial charge < -0.3 is 0 Å². The van der Waals surface area contributed by atoms with Crippen LogP contribution in [0.5, 0.6) is 0 Å². The zero-order chi connectivity index (χ0) is 15.9. The molecule has 0 unspecified atom stereocenters. The zero-order valence-corrected chi connectivity index (χ0v) is 13.1. The van der Waals surface area contributed by atoms with Crippen LogP contribution in [0.2, 0.25) is 5.15 Å². The summed E-state index contributed by atoms with van der Waals surface area (Å²) in [6, 6.07) is 7.01. The molecule has 4 heteroatoms. The maximum atomic E-state index is 14.5. The van der Waals surface area contributed by atoms with E-state index in [0.717, 1.165) is 28.7 Å². The average molecular weight is 313 g/mol.